The number of aromatic nitrogens is 2. The molecule has 7 nitrogen and oxygen atoms in total. The van der Waals surface area contributed by atoms with Gasteiger partial charge in [-0.3, -0.25) is 4.79 Å². The maximum absolute atomic E-state index is 13.4. The zero-order valence-electron chi connectivity index (χ0n) is 16.7. The molecule has 2 aromatic carbocycles. The van der Waals surface area contributed by atoms with Crippen LogP contribution in [0.5, 0.6) is 0 Å². The number of esters is 1. The van der Waals surface area contributed by atoms with Crippen LogP contribution in [-0.2, 0) is 16.2 Å². The second-order valence-corrected chi connectivity index (χ2v) is 6.57. The molecule has 0 atom stereocenters. The Hall–Kier alpha value is -3.52. The average molecular weight is 411 g/mol. The molecule has 3 rings (SSSR count). The van der Waals surface area contributed by atoms with Gasteiger partial charge in [0.05, 0.1) is 23.6 Å². The molecule has 30 heavy (non-hydrogen) atoms. The van der Waals surface area contributed by atoms with Crippen LogP contribution in [-0.4, -0.2) is 35.4 Å². The van der Waals surface area contributed by atoms with E-state index in [1.807, 2.05) is 6.92 Å². The van der Waals surface area contributed by atoms with Crippen molar-refractivity contribution in [1.29, 1.82) is 0 Å². The number of rotatable bonds is 8. The first-order chi connectivity index (χ1) is 14.5. The highest BCUT2D eigenvalue weighted by Gasteiger charge is 2.23. The Balaban J connectivity index is 2.19. The summed E-state index contributed by atoms with van der Waals surface area (Å²) in [6.45, 7) is 2.24. The van der Waals surface area contributed by atoms with E-state index in [4.69, 9.17) is 15.2 Å². The van der Waals surface area contributed by atoms with Crippen LogP contribution >= 0.6 is 0 Å². The highest BCUT2D eigenvalue weighted by molar-refractivity contribution is 6.06. The number of nitrogens with zero attached hydrogens (tertiary/aromatic N) is 2. The van der Waals surface area contributed by atoms with Crippen molar-refractivity contribution in [3.05, 3.63) is 65.5 Å². The fourth-order valence-electron chi connectivity index (χ4n) is 3.09. The number of hydrogen-bond acceptors (Lipinski definition) is 5. The minimum Gasteiger partial charge on any atom is -0.462 e. The molecule has 0 unspecified atom stereocenters. The molecule has 2 N–H and O–H groups in total. The molecule has 0 saturated carbocycles. The van der Waals surface area contributed by atoms with Crippen molar-refractivity contribution in [1.82, 2.24) is 9.78 Å². The summed E-state index contributed by atoms with van der Waals surface area (Å²) in [5.74, 6) is -1.63. The Morgan fingerprint density at radius 2 is 1.83 bits per heavy atom. The Morgan fingerprint density at radius 1 is 1.13 bits per heavy atom. The smallest absolute Gasteiger partial charge is 0.338 e. The lowest BCUT2D eigenvalue weighted by Gasteiger charge is -2.11. The number of amides is 1. The predicted molar refractivity (Wildman–Crippen MR) is 109 cm³/mol. The highest BCUT2D eigenvalue weighted by Crippen LogP contribution is 2.31. The van der Waals surface area contributed by atoms with Gasteiger partial charge in [-0.25, -0.2) is 13.9 Å². The fraction of sp³-hybridized carbons (Fsp3) is 0.227. The van der Waals surface area contributed by atoms with E-state index < -0.39 is 11.9 Å². The van der Waals surface area contributed by atoms with Crippen molar-refractivity contribution in [3.8, 4) is 22.5 Å². The first kappa shape index (κ1) is 21.2. The van der Waals surface area contributed by atoms with Gasteiger partial charge in [-0.15, -0.1) is 0 Å². The summed E-state index contributed by atoms with van der Waals surface area (Å²) in [5, 5.41) is 4.52. The van der Waals surface area contributed by atoms with Crippen LogP contribution in [0.25, 0.3) is 22.5 Å². The topological polar surface area (TPSA) is 96.4 Å². The molecule has 8 heteroatoms. The molecule has 0 aliphatic carbocycles. The highest BCUT2D eigenvalue weighted by atomic mass is 19.1. The first-order valence-electron chi connectivity index (χ1n) is 9.39. The molecule has 0 aliphatic rings. The van der Waals surface area contributed by atoms with E-state index in [2.05, 4.69) is 5.10 Å². The van der Waals surface area contributed by atoms with Gasteiger partial charge < -0.3 is 15.2 Å². The van der Waals surface area contributed by atoms with Crippen molar-refractivity contribution in [2.24, 2.45) is 5.73 Å². The third-order valence-corrected chi connectivity index (χ3v) is 4.41. The van der Waals surface area contributed by atoms with Crippen molar-refractivity contribution < 1.29 is 23.5 Å². The Kier molecular flexibility index (Phi) is 6.58. The molecule has 1 heterocycles. The van der Waals surface area contributed by atoms with Crippen LogP contribution in [0.15, 0.2) is 48.5 Å². The quantitative estimate of drug-likeness (QED) is 0.571. The fourth-order valence-corrected chi connectivity index (χ4v) is 3.09. The summed E-state index contributed by atoms with van der Waals surface area (Å²) < 4.78 is 25.4. The number of methoxy groups -OCH3 is 1. The lowest BCUT2D eigenvalue weighted by atomic mass is 9.97. The summed E-state index contributed by atoms with van der Waals surface area (Å²) in [5.41, 5.74) is 7.85. The van der Waals surface area contributed by atoms with Gasteiger partial charge in [-0.05, 0) is 48.9 Å². The zero-order valence-corrected chi connectivity index (χ0v) is 16.7. The summed E-state index contributed by atoms with van der Waals surface area (Å²) in [7, 11) is 1.51. The number of benzene rings is 2. The lowest BCUT2D eigenvalue weighted by molar-refractivity contribution is 0.0506. The number of halogens is 1. The molecule has 0 spiro atoms. The summed E-state index contributed by atoms with van der Waals surface area (Å²) in [6.07, 6.45) is 0.660. The van der Waals surface area contributed by atoms with Crippen LogP contribution in [0.4, 0.5) is 4.39 Å². The van der Waals surface area contributed by atoms with Gasteiger partial charge in [-0.2, -0.15) is 5.10 Å². The van der Waals surface area contributed by atoms with Crippen LogP contribution in [0.3, 0.4) is 0 Å². The molecule has 1 amide bonds. The number of hydrogen-bond donors (Lipinski definition) is 1. The van der Waals surface area contributed by atoms with Crippen molar-refractivity contribution in [2.45, 2.75) is 20.1 Å². The van der Waals surface area contributed by atoms with Gasteiger partial charge in [-0.1, -0.05) is 13.0 Å². The zero-order chi connectivity index (χ0) is 21.7. The third kappa shape index (κ3) is 4.38. The largest absolute Gasteiger partial charge is 0.462 e. The Morgan fingerprint density at radius 3 is 2.47 bits per heavy atom. The second-order valence-electron chi connectivity index (χ2n) is 6.57. The molecule has 1 aromatic heterocycles. The van der Waals surface area contributed by atoms with Gasteiger partial charge in [0.2, 0.25) is 5.91 Å². The monoisotopic (exact) mass is 411 g/mol. The molecule has 0 bridgehead atoms. The van der Waals surface area contributed by atoms with Gasteiger partial charge in [0.15, 0.2) is 0 Å². The summed E-state index contributed by atoms with van der Waals surface area (Å²) in [4.78, 5) is 24.7. The van der Waals surface area contributed by atoms with Gasteiger partial charge in [0.1, 0.15) is 12.5 Å². The maximum atomic E-state index is 13.4. The normalized spacial score (nSPS) is 10.8. The van der Waals surface area contributed by atoms with E-state index in [0.717, 1.165) is 0 Å². The van der Waals surface area contributed by atoms with Crippen molar-refractivity contribution in [3.63, 3.8) is 0 Å². The van der Waals surface area contributed by atoms with E-state index in [9.17, 15) is 14.0 Å². The average Bonchev–Trinajstić information content (AvgIpc) is 3.15. The van der Waals surface area contributed by atoms with Crippen LogP contribution < -0.4 is 5.73 Å². The summed E-state index contributed by atoms with van der Waals surface area (Å²) in [6, 6.07) is 12.3. The molecule has 156 valence electrons. The standard InChI is InChI=1S/C22H22FN3O4/c1-3-11-30-22(28)17-6-4-5-16(21(24)27)20(17)18-12-19(26(25-18)13-29-2)14-7-9-15(23)10-8-14/h4-10,12H,3,11,13H2,1-2H3,(H2,24,27). The Labute approximate surface area is 173 Å². The molecule has 3 aromatic rings. The van der Waals surface area contributed by atoms with E-state index in [0.29, 0.717) is 23.4 Å². The molecular formula is C22H22FN3O4. The van der Waals surface area contributed by atoms with Gasteiger partial charge >= 0.3 is 5.97 Å². The SMILES string of the molecule is CCCOC(=O)c1cccc(C(N)=O)c1-c1cc(-c2ccc(F)cc2)n(COC)n1. The molecule has 0 saturated heterocycles. The molecule has 0 aliphatic heterocycles. The number of primary amides is 1. The predicted octanol–water partition coefficient (Wildman–Crippen LogP) is 3.63. The minimum atomic E-state index is -0.695. The number of ether oxygens (including phenoxy) is 2. The van der Waals surface area contributed by atoms with E-state index in [-0.39, 0.29) is 35.8 Å². The van der Waals surface area contributed by atoms with Crippen LogP contribution in [0, 0.1) is 5.82 Å². The van der Waals surface area contributed by atoms with Crippen molar-refractivity contribution in [2.75, 3.05) is 13.7 Å². The molecule has 0 radical (unpaired) electrons. The Bertz CT molecular complexity index is 1060. The maximum Gasteiger partial charge on any atom is 0.338 e. The molecular weight excluding hydrogens is 389 g/mol. The second kappa shape index (κ2) is 9.32. The van der Waals surface area contributed by atoms with E-state index in [1.54, 1.807) is 35.0 Å². The first-order valence-corrected chi connectivity index (χ1v) is 9.39. The van der Waals surface area contributed by atoms with Gasteiger partial charge in [0, 0.05) is 23.8 Å². The van der Waals surface area contributed by atoms with Crippen molar-refractivity contribution >= 4 is 11.9 Å². The third-order valence-electron chi connectivity index (χ3n) is 4.41. The van der Waals surface area contributed by atoms with Crippen LogP contribution in [0.1, 0.15) is 34.1 Å². The molecule has 0 fully saturated rings. The number of nitrogens with two attached hydrogens (primary N) is 1. The van der Waals surface area contributed by atoms with Crippen LogP contribution in [0.2, 0.25) is 0 Å². The van der Waals surface area contributed by atoms with E-state index >= 15 is 0 Å². The number of carbonyl (C=O) groups excluding carboxylic acids is 2. The van der Waals surface area contributed by atoms with Gasteiger partial charge in [0.25, 0.3) is 0 Å². The lowest BCUT2D eigenvalue weighted by Crippen LogP contribution is -2.16. The number of carbonyl (C=O) groups is 2. The summed E-state index contributed by atoms with van der Waals surface area (Å²) >= 11 is 0. The van der Waals surface area contributed by atoms with E-state index in [1.165, 1.54) is 25.3 Å². The minimum absolute atomic E-state index is 0.112.